The maximum absolute atomic E-state index is 3.71. The Labute approximate surface area is 89.7 Å². The van der Waals surface area contributed by atoms with Crippen molar-refractivity contribution >= 4 is 0 Å². The largest absolute Gasteiger partial charge is 0.314 e. The summed E-state index contributed by atoms with van der Waals surface area (Å²) < 4.78 is 0. The van der Waals surface area contributed by atoms with Gasteiger partial charge in [-0.15, -0.1) is 0 Å². The Morgan fingerprint density at radius 1 is 1.07 bits per heavy atom. The van der Waals surface area contributed by atoms with Gasteiger partial charge in [0.1, 0.15) is 0 Å². The Morgan fingerprint density at radius 3 is 2.14 bits per heavy atom. The zero-order chi connectivity index (χ0) is 10.6. The van der Waals surface area contributed by atoms with Crippen LogP contribution < -0.4 is 5.32 Å². The van der Waals surface area contributed by atoms with Gasteiger partial charge in [0.15, 0.2) is 0 Å². The van der Waals surface area contributed by atoms with E-state index in [4.69, 9.17) is 0 Å². The molecule has 14 heavy (non-hydrogen) atoms. The van der Waals surface area contributed by atoms with Gasteiger partial charge in [-0.1, -0.05) is 27.7 Å². The van der Waals surface area contributed by atoms with Crippen molar-refractivity contribution in [3.8, 4) is 0 Å². The van der Waals surface area contributed by atoms with E-state index in [1.54, 1.807) is 0 Å². The molecule has 0 aromatic heterocycles. The van der Waals surface area contributed by atoms with Crippen molar-refractivity contribution in [2.24, 2.45) is 17.8 Å². The molecule has 0 heterocycles. The van der Waals surface area contributed by atoms with Crippen LogP contribution in [0.3, 0.4) is 0 Å². The number of rotatable bonds is 4. The topological polar surface area (TPSA) is 12.0 Å². The van der Waals surface area contributed by atoms with Crippen molar-refractivity contribution in [3.05, 3.63) is 0 Å². The van der Waals surface area contributed by atoms with Gasteiger partial charge in [0.05, 0.1) is 0 Å². The molecule has 1 heteroatoms. The van der Waals surface area contributed by atoms with Crippen LogP contribution in [0.5, 0.6) is 0 Å². The molecule has 0 aromatic carbocycles. The van der Waals surface area contributed by atoms with Crippen LogP contribution in [-0.4, -0.2) is 12.6 Å². The standard InChI is InChI=1S/C13H27N/c1-10(2)5-6-14-13-8-11(3)7-12(4)9-13/h10-14H,5-9H2,1-4H3. The highest BCUT2D eigenvalue weighted by Gasteiger charge is 2.22. The Balaban J connectivity index is 2.17. The number of hydrogen-bond acceptors (Lipinski definition) is 1. The molecule has 84 valence electrons. The molecule has 0 spiro atoms. The minimum absolute atomic E-state index is 0.799. The first-order valence-electron chi connectivity index (χ1n) is 6.31. The fraction of sp³-hybridized carbons (Fsp3) is 1.00. The second-order valence-electron chi connectivity index (χ2n) is 5.75. The van der Waals surface area contributed by atoms with Gasteiger partial charge < -0.3 is 5.32 Å². The second-order valence-corrected chi connectivity index (χ2v) is 5.75. The van der Waals surface area contributed by atoms with Crippen LogP contribution in [0.25, 0.3) is 0 Å². The summed E-state index contributed by atoms with van der Waals surface area (Å²) in [5.41, 5.74) is 0. The first-order valence-corrected chi connectivity index (χ1v) is 6.31. The lowest BCUT2D eigenvalue weighted by Gasteiger charge is -2.32. The summed E-state index contributed by atoms with van der Waals surface area (Å²) in [4.78, 5) is 0. The zero-order valence-electron chi connectivity index (χ0n) is 10.3. The molecule has 1 nitrogen and oxygen atoms in total. The summed E-state index contributed by atoms with van der Waals surface area (Å²) in [6.45, 7) is 10.6. The average molecular weight is 197 g/mol. The van der Waals surface area contributed by atoms with Gasteiger partial charge in [-0.05, 0) is 50.0 Å². The van der Waals surface area contributed by atoms with Gasteiger partial charge in [-0.3, -0.25) is 0 Å². The van der Waals surface area contributed by atoms with E-state index in [9.17, 15) is 0 Å². The van der Waals surface area contributed by atoms with E-state index in [2.05, 4.69) is 33.0 Å². The molecular formula is C13H27N. The molecule has 2 unspecified atom stereocenters. The lowest BCUT2D eigenvalue weighted by atomic mass is 9.80. The molecule has 0 amide bonds. The van der Waals surface area contributed by atoms with Crippen molar-refractivity contribution in [1.29, 1.82) is 0 Å². The summed E-state index contributed by atoms with van der Waals surface area (Å²) in [5, 5.41) is 3.71. The van der Waals surface area contributed by atoms with Crippen LogP contribution in [-0.2, 0) is 0 Å². The Hall–Kier alpha value is -0.0400. The van der Waals surface area contributed by atoms with E-state index in [0.29, 0.717) is 0 Å². The molecule has 1 aliphatic rings. The minimum Gasteiger partial charge on any atom is -0.314 e. The lowest BCUT2D eigenvalue weighted by Crippen LogP contribution is -2.37. The van der Waals surface area contributed by atoms with Crippen molar-refractivity contribution < 1.29 is 0 Å². The fourth-order valence-corrected chi connectivity index (χ4v) is 2.69. The Bertz CT molecular complexity index is 143. The third-order valence-electron chi connectivity index (χ3n) is 3.33. The molecule has 0 radical (unpaired) electrons. The molecule has 1 aliphatic carbocycles. The van der Waals surface area contributed by atoms with Crippen LogP contribution in [0.15, 0.2) is 0 Å². The number of nitrogens with one attached hydrogen (secondary N) is 1. The summed E-state index contributed by atoms with van der Waals surface area (Å²) in [5.74, 6) is 2.69. The molecule has 0 aliphatic heterocycles. The molecule has 2 atom stereocenters. The molecule has 0 aromatic rings. The smallest absolute Gasteiger partial charge is 0.00721 e. The van der Waals surface area contributed by atoms with Gasteiger partial charge in [0, 0.05) is 6.04 Å². The van der Waals surface area contributed by atoms with Gasteiger partial charge in [0.25, 0.3) is 0 Å². The van der Waals surface area contributed by atoms with Crippen molar-refractivity contribution in [2.45, 2.75) is 59.4 Å². The summed E-state index contributed by atoms with van der Waals surface area (Å²) in [6.07, 6.45) is 5.53. The zero-order valence-corrected chi connectivity index (χ0v) is 10.3. The van der Waals surface area contributed by atoms with Crippen molar-refractivity contribution in [3.63, 3.8) is 0 Å². The third kappa shape index (κ3) is 4.45. The van der Waals surface area contributed by atoms with E-state index in [0.717, 1.165) is 23.8 Å². The first-order chi connectivity index (χ1) is 6.58. The quantitative estimate of drug-likeness (QED) is 0.728. The highest BCUT2D eigenvalue weighted by molar-refractivity contribution is 4.79. The fourth-order valence-electron chi connectivity index (χ4n) is 2.69. The van der Waals surface area contributed by atoms with E-state index in [1.165, 1.54) is 32.2 Å². The maximum atomic E-state index is 3.71. The van der Waals surface area contributed by atoms with Crippen molar-refractivity contribution in [2.75, 3.05) is 6.54 Å². The Morgan fingerprint density at radius 2 is 1.64 bits per heavy atom. The summed E-state index contributed by atoms with van der Waals surface area (Å²) >= 11 is 0. The highest BCUT2D eigenvalue weighted by atomic mass is 14.9. The van der Waals surface area contributed by atoms with E-state index < -0.39 is 0 Å². The van der Waals surface area contributed by atoms with Gasteiger partial charge >= 0.3 is 0 Å². The monoisotopic (exact) mass is 197 g/mol. The number of hydrogen-bond donors (Lipinski definition) is 1. The molecule has 0 bridgehead atoms. The van der Waals surface area contributed by atoms with Crippen LogP contribution in [0.4, 0.5) is 0 Å². The predicted octanol–water partition coefficient (Wildman–Crippen LogP) is 3.45. The molecule has 1 saturated carbocycles. The van der Waals surface area contributed by atoms with Crippen LogP contribution >= 0.6 is 0 Å². The van der Waals surface area contributed by atoms with Crippen LogP contribution in [0.1, 0.15) is 53.4 Å². The van der Waals surface area contributed by atoms with E-state index >= 15 is 0 Å². The predicted molar refractivity (Wildman–Crippen MR) is 63.4 cm³/mol. The van der Waals surface area contributed by atoms with E-state index in [-0.39, 0.29) is 0 Å². The lowest BCUT2D eigenvalue weighted by molar-refractivity contribution is 0.237. The summed E-state index contributed by atoms with van der Waals surface area (Å²) in [6, 6.07) is 0.799. The summed E-state index contributed by atoms with van der Waals surface area (Å²) in [7, 11) is 0. The molecule has 1 rings (SSSR count). The molecular weight excluding hydrogens is 170 g/mol. The molecule has 1 N–H and O–H groups in total. The van der Waals surface area contributed by atoms with Gasteiger partial charge in [-0.2, -0.15) is 0 Å². The third-order valence-corrected chi connectivity index (χ3v) is 3.33. The average Bonchev–Trinajstić information content (AvgIpc) is 2.01. The first kappa shape index (κ1) is 12.0. The van der Waals surface area contributed by atoms with Gasteiger partial charge in [-0.25, -0.2) is 0 Å². The molecule has 0 saturated heterocycles. The highest BCUT2D eigenvalue weighted by Crippen LogP contribution is 2.28. The van der Waals surface area contributed by atoms with Gasteiger partial charge in [0.2, 0.25) is 0 Å². The van der Waals surface area contributed by atoms with Crippen LogP contribution in [0, 0.1) is 17.8 Å². The maximum Gasteiger partial charge on any atom is 0.00721 e. The Kier molecular flexibility index (Phi) is 4.94. The van der Waals surface area contributed by atoms with Crippen LogP contribution in [0.2, 0.25) is 0 Å². The normalized spacial score (nSPS) is 33.6. The molecule has 1 fully saturated rings. The SMILES string of the molecule is CC(C)CCNC1CC(C)CC(C)C1. The van der Waals surface area contributed by atoms with E-state index in [1.807, 2.05) is 0 Å². The minimum atomic E-state index is 0.799. The second kappa shape index (κ2) is 5.75. The van der Waals surface area contributed by atoms with Crippen molar-refractivity contribution in [1.82, 2.24) is 5.32 Å².